The predicted molar refractivity (Wildman–Crippen MR) is 111 cm³/mol. The van der Waals surface area contributed by atoms with Gasteiger partial charge in [0.1, 0.15) is 11.6 Å². The van der Waals surface area contributed by atoms with Gasteiger partial charge in [0.25, 0.3) is 0 Å². The molecule has 0 aliphatic carbocycles. The first-order chi connectivity index (χ1) is 13.3. The second-order valence-electron chi connectivity index (χ2n) is 9.64. The van der Waals surface area contributed by atoms with Crippen LogP contribution < -0.4 is 0 Å². The lowest BCUT2D eigenvalue weighted by molar-refractivity contribution is -0.160. The third-order valence-corrected chi connectivity index (χ3v) is 4.92. The fourth-order valence-electron chi connectivity index (χ4n) is 2.03. The molecule has 0 aromatic carbocycles. The topological polar surface area (TPSA) is 121 Å². The molecule has 0 unspecified atom stereocenters. The summed E-state index contributed by atoms with van der Waals surface area (Å²) in [6, 6.07) is -1.02. The normalized spacial score (nSPS) is 14.2. The Kier molecular flexibility index (Phi) is 10.5. The van der Waals surface area contributed by atoms with Crippen LogP contribution in [0.2, 0.25) is 0 Å². The van der Waals surface area contributed by atoms with E-state index in [9.17, 15) is 19.3 Å². The van der Waals surface area contributed by atoms with E-state index in [2.05, 4.69) is 0 Å². The number of phosphoric acid groups is 1. The van der Waals surface area contributed by atoms with E-state index >= 15 is 0 Å². The molecule has 0 aromatic rings. The van der Waals surface area contributed by atoms with Crippen molar-refractivity contribution in [1.82, 2.24) is 4.90 Å². The number of amides is 1. The average molecular weight is 455 g/mol. The van der Waals surface area contributed by atoms with Gasteiger partial charge in [-0.15, -0.1) is 0 Å². The predicted octanol–water partition coefficient (Wildman–Crippen LogP) is 3.86. The summed E-state index contributed by atoms with van der Waals surface area (Å²) < 4.78 is 39.2. The molecule has 0 saturated carbocycles. The van der Waals surface area contributed by atoms with Gasteiger partial charge in [-0.2, -0.15) is 0 Å². The number of carbonyl (C=O) groups is 2. The van der Waals surface area contributed by atoms with Crippen molar-refractivity contribution < 1.29 is 42.3 Å². The number of phosphoric ester groups is 1. The van der Waals surface area contributed by atoms with Gasteiger partial charge >= 0.3 is 19.9 Å². The van der Waals surface area contributed by atoms with Crippen LogP contribution >= 0.6 is 7.82 Å². The Balaban J connectivity index is 5.16. The van der Waals surface area contributed by atoms with Gasteiger partial charge in [0.15, 0.2) is 0 Å². The number of ether oxygens (including phenoxy) is 2. The number of hydrogen-bond donors (Lipinski definition) is 1. The van der Waals surface area contributed by atoms with Crippen LogP contribution in [0.15, 0.2) is 0 Å². The van der Waals surface area contributed by atoms with E-state index in [1.54, 1.807) is 62.3 Å². The lowest BCUT2D eigenvalue weighted by atomic mass is 10.2. The first-order valence-electron chi connectivity index (χ1n) is 9.72. The fourth-order valence-corrected chi connectivity index (χ4v) is 3.70. The highest BCUT2D eigenvalue weighted by atomic mass is 31.2. The molecule has 1 N–H and O–H groups in total. The molecular weight excluding hydrogens is 417 g/mol. The molecule has 0 heterocycles. The van der Waals surface area contributed by atoms with Crippen LogP contribution in [-0.4, -0.2) is 64.9 Å². The Hall–Kier alpha value is -1.19. The van der Waals surface area contributed by atoms with Gasteiger partial charge in [0, 0.05) is 6.54 Å². The van der Waals surface area contributed by atoms with Crippen LogP contribution in [0.4, 0.5) is 4.79 Å². The minimum atomic E-state index is -4.07. The zero-order chi connectivity index (χ0) is 24.0. The first-order valence-corrected chi connectivity index (χ1v) is 11.2. The van der Waals surface area contributed by atoms with Crippen molar-refractivity contribution in [2.75, 3.05) is 19.9 Å². The summed E-state index contributed by atoms with van der Waals surface area (Å²) in [5.74, 6) is -0.661. The Labute approximate surface area is 179 Å². The maximum Gasteiger partial charge on any atom is 0.478 e. The van der Waals surface area contributed by atoms with Crippen molar-refractivity contribution >= 4 is 19.9 Å². The van der Waals surface area contributed by atoms with Crippen LogP contribution in [0.5, 0.6) is 0 Å². The Morgan fingerprint density at radius 2 is 1.40 bits per heavy atom. The summed E-state index contributed by atoms with van der Waals surface area (Å²) in [5, 5.41) is 9.24. The lowest BCUT2D eigenvalue weighted by Crippen LogP contribution is -2.47. The molecule has 0 rings (SSSR count). The van der Waals surface area contributed by atoms with E-state index in [0.717, 1.165) is 4.90 Å². The molecule has 11 heteroatoms. The lowest BCUT2D eigenvalue weighted by Gasteiger charge is -2.31. The summed E-state index contributed by atoms with van der Waals surface area (Å²) in [6.07, 6.45) is -0.958. The fraction of sp³-hybridized carbons (Fsp3) is 0.895. The second kappa shape index (κ2) is 10.9. The zero-order valence-electron chi connectivity index (χ0n) is 19.8. The number of aliphatic hydroxyl groups is 1. The number of nitrogens with zero attached hydrogens (tertiary/aromatic N) is 1. The van der Waals surface area contributed by atoms with Gasteiger partial charge in [-0.3, -0.25) is 13.9 Å². The molecule has 1 amide bonds. The minimum absolute atomic E-state index is 0.173. The molecule has 0 saturated heterocycles. The van der Waals surface area contributed by atoms with E-state index < -0.39 is 56.1 Å². The summed E-state index contributed by atoms with van der Waals surface area (Å²) in [5.41, 5.74) is -2.44. The molecule has 0 aromatic heterocycles. The first kappa shape index (κ1) is 28.8. The van der Waals surface area contributed by atoms with Crippen molar-refractivity contribution in [3.8, 4) is 0 Å². The largest absolute Gasteiger partial charge is 0.478 e. The smallest absolute Gasteiger partial charge is 0.458 e. The van der Waals surface area contributed by atoms with Crippen LogP contribution in [0.1, 0.15) is 69.2 Å². The molecule has 30 heavy (non-hydrogen) atoms. The monoisotopic (exact) mass is 455 g/mol. The molecular formula is C19H38NO9P. The number of aliphatic hydroxyl groups excluding tert-OH is 1. The van der Waals surface area contributed by atoms with Crippen LogP contribution in [0, 0.1) is 0 Å². The summed E-state index contributed by atoms with van der Waals surface area (Å²) in [4.78, 5) is 25.7. The van der Waals surface area contributed by atoms with Gasteiger partial charge in [-0.1, -0.05) is 0 Å². The highest BCUT2D eigenvalue weighted by Crippen LogP contribution is 2.55. The average Bonchev–Trinajstić information content (AvgIpc) is 2.45. The van der Waals surface area contributed by atoms with E-state index in [4.69, 9.17) is 23.0 Å². The Morgan fingerprint density at radius 1 is 0.933 bits per heavy atom. The molecule has 1 atom stereocenters. The van der Waals surface area contributed by atoms with Gasteiger partial charge < -0.3 is 14.6 Å². The van der Waals surface area contributed by atoms with Gasteiger partial charge in [-0.25, -0.2) is 18.7 Å². The standard InChI is InChI=1S/C19H38NO9P/c1-14(15(22)27-17(2,3)4)20(11-12-21)16(23)25-13-26-30(24,28-18(5,6)7)29-19(8,9)10/h14,21H,11-13H2,1-10H3/t14-/m0/s1. The van der Waals surface area contributed by atoms with Gasteiger partial charge in [0.2, 0.25) is 6.79 Å². The van der Waals surface area contributed by atoms with Crippen molar-refractivity contribution in [2.45, 2.75) is 92.1 Å². The quantitative estimate of drug-likeness (QED) is 0.314. The molecule has 0 fully saturated rings. The van der Waals surface area contributed by atoms with E-state index in [1.807, 2.05) is 0 Å². The summed E-state index contributed by atoms with van der Waals surface area (Å²) in [7, 11) is -4.07. The third-order valence-electron chi connectivity index (χ3n) is 2.96. The number of carbonyl (C=O) groups excluding carboxylic acids is 2. The zero-order valence-corrected chi connectivity index (χ0v) is 20.7. The van der Waals surface area contributed by atoms with Crippen molar-refractivity contribution in [3.05, 3.63) is 0 Å². The van der Waals surface area contributed by atoms with Crippen LogP contribution in [-0.2, 0) is 32.4 Å². The number of hydrogen-bond acceptors (Lipinski definition) is 9. The summed E-state index contributed by atoms with van der Waals surface area (Å²) >= 11 is 0. The molecule has 178 valence electrons. The van der Waals surface area contributed by atoms with Crippen LogP contribution in [0.3, 0.4) is 0 Å². The maximum atomic E-state index is 12.9. The van der Waals surface area contributed by atoms with E-state index in [0.29, 0.717) is 0 Å². The van der Waals surface area contributed by atoms with Crippen molar-refractivity contribution in [1.29, 1.82) is 0 Å². The number of esters is 1. The molecule has 0 aliphatic heterocycles. The van der Waals surface area contributed by atoms with E-state index in [1.165, 1.54) is 6.92 Å². The molecule has 0 spiro atoms. The van der Waals surface area contributed by atoms with Crippen molar-refractivity contribution in [2.24, 2.45) is 0 Å². The SMILES string of the molecule is C[C@@H](C(=O)OC(C)(C)C)N(CCO)C(=O)OCOP(=O)(OC(C)(C)C)OC(C)(C)C. The second-order valence-corrected chi connectivity index (χ2v) is 11.2. The minimum Gasteiger partial charge on any atom is -0.458 e. The Bertz CT molecular complexity index is 597. The van der Waals surface area contributed by atoms with Crippen molar-refractivity contribution in [3.63, 3.8) is 0 Å². The summed E-state index contributed by atoms with van der Waals surface area (Å²) in [6.45, 7) is 15.3. The third kappa shape index (κ3) is 12.5. The molecule has 0 bridgehead atoms. The highest BCUT2D eigenvalue weighted by Gasteiger charge is 2.38. The van der Waals surface area contributed by atoms with Crippen LogP contribution in [0.25, 0.3) is 0 Å². The number of rotatable bonds is 9. The van der Waals surface area contributed by atoms with Gasteiger partial charge in [-0.05, 0) is 69.2 Å². The molecule has 10 nitrogen and oxygen atoms in total. The maximum absolute atomic E-state index is 12.9. The molecule has 0 aliphatic rings. The van der Waals surface area contributed by atoms with Gasteiger partial charge in [0.05, 0.1) is 17.8 Å². The highest BCUT2D eigenvalue weighted by molar-refractivity contribution is 7.48. The molecule has 0 radical (unpaired) electrons. The van der Waals surface area contributed by atoms with E-state index in [-0.39, 0.29) is 6.54 Å². The Morgan fingerprint density at radius 3 is 1.77 bits per heavy atom.